The van der Waals surface area contributed by atoms with E-state index in [1.54, 1.807) is 7.11 Å². The molecule has 0 heterocycles. The van der Waals surface area contributed by atoms with Crippen molar-refractivity contribution in [2.24, 2.45) is 11.8 Å². The van der Waals surface area contributed by atoms with E-state index in [4.69, 9.17) is 14.6 Å². The van der Waals surface area contributed by atoms with Crippen molar-refractivity contribution in [3.8, 4) is 0 Å². The summed E-state index contributed by atoms with van der Waals surface area (Å²) in [5.74, 6) is -1.32. The molecular formula is C14H25NO5. The highest BCUT2D eigenvalue weighted by Crippen LogP contribution is 2.29. The van der Waals surface area contributed by atoms with Gasteiger partial charge in [0.25, 0.3) is 0 Å². The van der Waals surface area contributed by atoms with Crippen LogP contribution < -0.4 is 5.32 Å². The number of carbonyl (C=O) groups excluding carboxylic acids is 1. The summed E-state index contributed by atoms with van der Waals surface area (Å²) < 4.78 is 10.1. The topological polar surface area (TPSA) is 84.9 Å². The van der Waals surface area contributed by atoms with E-state index in [-0.39, 0.29) is 17.7 Å². The van der Waals surface area contributed by atoms with Gasteiger partial charge in [0.15, 0.2) is 0 Å². The van der Waals surface area contributed by atoms with Crippen molar-refractivity contribution in [2.75, 3.05) is 33.5 Å². The Bertz CT molecular complexity index is 308. The molecule has 1 aliphatic rings. The minimum atomic E-state index is -0.783. The Balaban J connectivity index is 2.11. The van der Waals surface area contributed by atoms with Gasteiger partial charge >= 0.3 is 5.97 Å². The number of ether oxygens (including phenoxy) is 2. The average molecular weight is 287 g/mol. The van der Waals surface area contributed by atoms with Crippen molar-refractivity contribution in [2.45, 2.75) is 32.1 Å². The van der Waals surface area contributed by atoms with Crippen molar-refractivity contribution < 1.29 is 24.2 Å². The second-order valence-electron chi connectivity index (χ2n) is 5.15. The first-order chi connectivity index (χ1) is 9.65. The van der Waals surface area contributed by atoms with Gasteiger partial charge in [0, 0.05) is 26.2 Å². The molecule has 6 heteroatoms. The summed E-state index contributed by atoms with van der Waals surface area (Å²) in [5.41, 5.74) is 0. The van der Waals surface area contributed by atoms with Crippen molar-refractivity contribution >= 4 is 11.9 Å². The third-order valence-electron chi connectivity index (χ3n) is 3.59. The van der Waals surface area contributed by atoms with E-state index < -0.39 is 5.97 Å². The van der Waals surface area contributed by atoms with Crippen LogP contribution in [0.5, 0.6) is 0 Å². The molecule has 1 amide bonds. The summed E-state index contributed by atoms with van der Waals surface area (Å²) >= 11 is 0. The van der Waals surface area contributed by atoms with Gasteiger partial charge in [0.1, 0.15) is 0 Å². The van der Waals surface area contributed by atoms with Gasteiger partial charge in [-0.05, 0) is 25.7 Å². The molecule has 1 fully saturated rings. The fourth-order valence-electron chi connectivity index (χ4n) is 2.43. The van der Waals surface area contributed by atoms with Crippen molar-refractivity contribution in [1.29, 1.82) is 0 Å². The zero-order chi connectivity index (χ0) is 14.8. The van der Waals surface area contributed by atoms with Crippen LogP contribution in [0.2, 0.25) is 0 Å². The fraction of sp³-hybridized carbons (Fsp3) is 0.857. The molecule has 1 saturated carbocycles. The molecular weight excluding hydrogens is 262 g/mol. The van der Waals surface area contributed by atoms with Gasteiger partial charge in [-0.25, -0.2) is 0 Å². The van der Waals surface area contributed by atoms with Gasteiger partial charge in [-0.15, -0.1) is 0 Å². The molecule has 116 valence electrons. The summed E-state index contributed by atoms with van der Waals surface area (Å²) in [6, 6.07) is 0. The Morgan fingerprint density at radius 1 is 1.20 bits per heavy atom. The number of methoxy groups -OCH3 is 1. The number of carbonyl (C=O) groups is 2. The van der Waals surface area contributed by atoms with E-state index in [9.17, 15) is 9.59 Å². The smallest absolute Gasteiger partial charge is 0.306 e. The first-order valence-corrected chi connectivity index (χ1v) is 7.22. The van der Waals surface area contributed by atoms with Crippen molar-refractivity contribution in [3.63, 3.8) is 0 Å². The van der Waals surface area contributed by atoms with E-state index in [1.165, 1.54) is 0 Å². The van der Waals surface area contributed by atoms with Crippen molar-refractivity contribution in [3.05, 3.63) is 0 Å². The molecule has 0 saturated heterocycles. The molecule has 0 bridgehead atoms. The number of hydrogen-bond donors (Lipinski definition) is 2. The Hall–Kier alpha value is -1.14. The predicted octanol–water partition coefficient (Wildman–Crippen LogP) is 1.05. The van der Waals surface area contributed by atoms with Gasteiger partial charge < -0.3 is 19.9 Å². The van der Waals surface area contributed by atoms with E-state index in [0.717, 1.165) is 19.3 Å². The molecule has 0 spiro atoms. The standard InChI is InChI=1S/C14H25NO5/c1-19-8-9-20-7-3-6-15-13(16)11-4-2-5-12(10-11)14(17)18/h11-12H,2-10H2,1H3,(H,15,16)(H,17,18). The maximum atomic E-state index is 11.9. The van der Waals surface area contributed by atoms with E-state index in [1.807, 2.05) is 0 Å². The Morgan fingerprint density at radius 2 is 1.95 bits per heavy atom. The van der Waals surface area contributed by atoms with Crippen LogP contribution in [0.3, 0.4) is 0 Å². The number of nitrogens with one attached hydrogen (secondary N) is 1. The minimum Gasteiger partial charge on any atom is -0.481 e. The maximum Gasteiger partial charge on any atom is 0.306 e. The van der Waals surface area contributed by atoms with Gasteiger partial charge in [-0.1, -0.05) is 6.42 Å². The molecule has 0 aromatic rings. The normalized spacial score (nSPS) is 22.4. The Kier molecular flexibility index (Phi) is 8.22. The molecule has 0 aliphatic heterocycles. The lowest BCUT2D eigenvalue weighted by atomic mass is 9.81. The highest BCUT2D eigenvalue weighted by molar-refractivity contribution is 5.80. The monoisotopic (exact) mass is 287 g/mol. The molecule has 0 aromatic heterocycles. The highest BCUT2D eigenvalue weighted by Gasteiger charge is 2.30. The van der Waals surface area contributed by atoms with Crippen LogP contribution in [0.25, 0.3) is 0 Å². The number of hydrogen-bond acceptors (Lipinski definition) is 4. The lowest BCUT2D eigenvalue weighted by Crippen LogP contribution is -2.36. The quantitative estimate of drug-likeness (QED) is 0.619. The number of rotatable bonds is 9. The molecule has 0 radical (unpaired) electrons. The Morgan fingerprint density at radius 3 is 2.65 bits per heavy atom. The average Bonchev–Trinajstić information content (AvgIpc) is 2.46. The Labute approximate surface area is 119 Å². The van der Waals surface area contributed by atoms with Gasteiger partial charge in [0.2, 0.25) is 5.91 Å². The van der Waals surface area contributed by atoms with Crippen molar-refractivity contribution in [1.82, 2.24) is 5.32 Å². The number of carboxylic acids is 1. The number of amides is 1. The van der Waals surface area contributed by atoms with Gasteiger partial charge in [-0.2, -0.15) is 0 Å². The zero-order valence-electron chi connectivity index (χ0n) is 12.1. The molecule has 2 atom stereocenters. The molecule has 1 aliphatic carbocycles. The van der Waals surface area contributed by atoms with Crippen LogP contribution in [0.4, 0.5) is 0 Å². The highest BCUT2D eigenvalue weighted by atomic mass is 16.5. The summed E-state index contributed by atoms with van der Waals surface area (Å²) in [6.45, 7) is 2.30. The molecule has 2 unspecified atom stereocenters. The van der Waals surface area contributed by atoms with Crippen LogP contribution in [0.1, 0.15) is 32.1 Å². The summed E-state index contributed by atoms with van der Waals surface area (Å²) in [7, 11) is 1.62. The first kappa shape index (κ1) is 16.9. The summed E-state index contributed by atoms with van der Waals surface area (Å²) in [4.78, 5) is 22.9. The lowest BCUT2D eigenvalue weighted by molar-refractivity contribution is -0.144. The molecule has 2 N–H and O–H groups in total. The fourth-order valence-corrected chi connectivity index (χ4v) is 2.43. The predicted molar refractivity (Wildman–Crippen MR) is 73.4 cm³/mol. The molecule has 20 heavy (non-hydrogen) atoms. The minimum absolute atomic E-state index is 0.0205. The lowest BCUT2D eigenvalue weighted by Gasteiger charge is -2.25. The SMILES string of the molecule is COCCOCCCNC(=O)C1CCCC(C(=O)O)C1. The van der Waals surface area contributed by atoms with E-state index in [0.29, 0.717) is 39.2 Å². The van der Waals surface area contributed by atoms with Gasteiger partial charge in [-0.3, -0.25) is 9.59 Å². The second kappa shape index (κ2) is 9.72. The third-order valence-corrected chi connectivity index (χ3v) is 3.59. The second-order valence-corrected chi connectivity index (χ2v) is 5.15. The summed E-state index contributed by atoms with van der Waals surface area (Å²) in [6.07, 6.45) is 3.51. The van der Waals surface area contributed by atoms with Crippen LogP contribution in [0, 0.1) is 11.8 Å². The molecule has 0 aromatic carbocycles. The molecule has 6 nitrogen and oxygen atoms in total. The van der Waals surface area contributed by atoms with Crippen LogP contribution in [-0.4, -0.2) is 50.5 Å². The van der Waals surface area contributed by atoms with E-state index >= 15 is 0 Å². The zero-order valence-corrected chi connectivity index (χ0v) is 12.1. The first-order valence-electron chi connectivity index (χ1n) is 7.22. The van der Waals surface area contributed by atoms with Crippen LogP contribution in [-0.2, 0) is 19.1 Å². The number of carboxylic acid groups (broad SMARTS) is 1. The third kappa shape index (κ3) is 6.34. The van der Waals surface area contributed by atoms with Crippen LogP contribution >= 0.6 is 0 Å². The maximum absolute atomic E-state index is 11.9. The number of aliphatic carboxylic acids is 1. The van der Waals surface area contributed by atoms with Gasteiger partial charge in [0.05, 0.1) is 19.1 Å². The summed E-state index contributed by atoms with van der Waals surface area (Å²) in [5, 5.41) is 11.9. The largest absolute Gasteiger partial charge is 0.481 e. The van der Waals surface area contributed by atoms with Crippen LogP contribution in [0.15, 0.2) is 0 Å². The molecule has 1 rings (SSSR count). The van der Waals surface area contributed by atoms with E-state index in [2.05, 4.69) is 5.32 Å².